The molecule has 0 aromatic rings. The Labute approximate surface area is 144 Å². The highest BCUT2D eigenvalue weighted by molar-refractivity contribution is 5.76. The molecule has 1 heterocycles. The molecule has 1 amide bonds. The third-order valence-electron chi connectivity index (χ3n) is 4.27. The van der Waals surface area contributed by atoms with Gasteiger partial charge in [0, 0.05) is 32.4 Å². The Bertz CT molecular complexity index is 388. The van der Waals surface area contributed by atoms with Crippen LogP contribution in [0, 0.1) is 5.92 Å². The Morgan fingerprint density at radius 1 is 1.00 bits per heavy atom. The number of esters is 2. The van der Waals surface area contributed by atoms with Crippen LogP contribution in [-0.4, -0.2) is 49.0 Å². The normalized spacial score (nSPS) is 15.3. The molecular formula is C18H31NO5. The highest BCUT2D eigenvalue weighted by Crippen LogP contribution is 2.20. The molecule has 6 nitrogen and oxygen atoms in total. The van der Waals surface area contributed by atoms with Crippen LogP contribution in [0.2, 0.25) is 0 Å². The average Bonchev–Trinajstić information content (AvgIpc) is 2.75. The van der Waals surface area contributed by atoms with Crippen molar-refractivity contribution in [3.8, 4) is 0 Å². The Morgan fingerprint density at radius 2 is 1.58 bits per heavy atom. The summed E-state index contributed by atoms with van der Waals surface area (Å²) in [5.74, 6) is -0.146. The van der Waals surface area contributed by atoms with Crippen molar-refractivity contribution in [3.63, 3.8) is 0 Å². The number of hydrogen-bond acceptors (Lipinski definition) is 5. The van der Waals surface area contributed by atoms with Gasteiger partial charge in [-0.3, -0.25) is 14.4 Å². The number of likely N-dealkylation sites (tertiary alicyclic amines) is 1. The van der Waals surface area contributed by atoms with E-state index in [1.165, 1.54) is 0 Å². The van der Waals surface area contributed by atoms with Gasteiger partial charge in [0.25, 0.3) is 0 Å². The van der Waals surface area contributed by atoms with Crippen molar-refractivity contribution in [1.82, 2.24) is 4.90 Å². The van der Waals surface area contributed by atoms with Gasteiger partial charge in [0.05, 0.1) is 13.2 Å². The molecule has 0 saturated carbocycles. The third kappa shape index (κ3) is 8.31. The van der Waals surface area contributed by atoms with E-state index >= 15 is 0 Å². The average molecular weight is 341 g/mol. The van der Waals surface area contributed by atoms with E-state index in [-0.39, 0.29) is 23.8 Å². The van der Waals surface area contributed by atoms with E-state index in [9.17, 15) is 14.4 Å². The maximum absolute atomic E-state index is 12.2. The fourth-order valence-electron chi connectivity index (χ4n) is 2.98. The van der Waals surface area contributed by atoms with E-state index in [4.69, 9.17) is 9.47 Å². The number of rotatable bonds is 10. The van der Waals surface area contributed by atoms with Crippen LogP contribution >= 0.6 is 0 Å². The summed E-state index contributed by atoms with van der Waals surface area (Å²) in [6.07, 6.45) is 5.55. The molecule has 0 radical (unpaired) electrons. The standard InChI is InChI=1S/C18H31NO5/c1-3-23-17(21)11-9-15(10-12-18(22)24-4-2)14-19-13-7-5-6-8-16(19)20/h15H,3-14H2,1-2H3. The van der Waals surface area contributed by atoms with Gasteiger partial charge < -0.3 is 14.4 Å². The van der Waals surface area contributed by atoms with Crippen LogP contribution in [0.5, 0.6) is 0 Å². The molecule has 6 heteroatoms. The predicted molar refractivity (Wildman–Crippen MR) is 90.3 cm³/mol. The van der Waals surface area contributed by atoms with Gasteiger partial charge >= 0.3 is 11.9 Å². The maximum Gasteiger partial charge on any atom is 0.305 e. The van der Waals surface area contributed by atoms with E-state index in [1.807, 2.05) is 4.90 Å². The van der Waals surface area contributed by atoms with Gasteiger partial charge in [-0.2, -0.15) is 0 Å². The molecule has 0 aromatic heterocycles. The van der Waals surface area contributed by atoms with Crippen LogP contribution in [-0.2, 0) is 23.9 Å². The molecule has 1 aliphatic rings. The fraction of sp³-hybridized carbons (Fsp3) is 0.833. The molecule has 1 fully saturated rings. The summed E-state index contributed by atoms with van der Waals surface area (Å²) in [5, 5.41) is 0. The zero-order valence-electron chi connectivity index (χ0n) is 15.1. The summed E-state index contributed by atoms with van der Waals surface area (Å²) in [4.78, 5) is 37.3. The largest absolute Gasteiger partial charge is 0.466 e. The zero-order valence-corrected chi connectivity index (χ0v) is 15.1. The molecular weight excluding hydrogens is 310 g/mol. The molecule has 0 spiro atoms. The zero-order chi connectivity index (χ0) is 17.8. The van der Waals surface area contributed by atoms with Crippen LogP contribution in [0.4, 0.5) is 0 Å². The van der Waals surface area contributed by atoms with E-state index in [0.29, 0.717) is 51.9 Å². The molecule has 0 N–H and O–H groups in total. The first kappa shape index (κ1) is 20.5. The van der Waals surface area contributed by atoms with E-state index in [2.05, 4.69) is 0 Å². The van der Waals surface area contributed by atoms with Gasteiger partial charge in [0.15, 0.2) is 0 Å². The van der Waals surface area contributed by atoms with Crippen LogP contribution in [0.25, 0.3) is 0 Å². The number of nitrogens with zero attached hydrogens (tertiary/aromatic N) is 1. The SMILES string of the molecule is CCOC(=O)CCC(CCC(=O)OCC)CN1CCCCCC1=O. The summed E-state index contributed by atoms with van der Waals surface area (Å²) in [5.41, 5.74) is 0. The van der Waals surface area contributed by atoms with Gasteiger partial charge in [-0.15, -0.1) is 0 Å². The minimum absolute atomic E-state index is 0.112. The minimum Gasteiger partial charge on any atom is -0.466 e. The summed E-state index contributed by atoms with van der Waals surface area (Å²) in [6, 6.07) is 0. The first-order valence-corrected chi connectivity index (χ1v) is 9.15. The van der Waals surface area contributed by atoms with Gasteiger partial charge in [0.2, 0.25) is 5.91 Å². The molecule has 0 atom stereocenters. The first-order chi connectivity index (χ1) is 11.6. The second-order valence-electron chi connectivity index (χ2n) is 6.20. The van der Waals surface area contributed by atoms with E-state index in [1.54, 1.807) is 13.8 Å². The molecule has 0 bridgehead atoms. The lowest BCUT2D eigenvalue weighted by Crippen LogP contribution is -2.35. The number of amides is 1. The highest BCUT2D eigenvalue weighted by atomic mass is 16.5. The molecule has 0 aliphatic carbocycles. The maximum atomic E-state index is 12.2. The Kier molecular flexibility index (Phi) is 10.1. The number of hydrogen-bond donors (Lipinski definition) is 0. The third-order valence-corrected chi connectivity index (χ3v) is 4.27. The minimum atomic E-state index is -0.221. The summed E-state index contributed by atoms with van der Waals surface area (Å²) in [7, 11) is 0. The van der Waals surface area contributed by atoms with Crippen molar-refractivity contribution in [2.45, 2.75) is 65.2 Å². The predicted octanol–water partition coefficient (Wildman–Crippen LogP) is 2.69. The summed E-state index contributed by atoms with van der Waals surface area (Å²) >= 11 is 0. The topological polar surface area (TPSA) is 72.9 Å². The van der Waals surface area contributed by atoms with Crippen molar-refractivity contribution >= 4 is 17.8 Å². The lowest BCUT2D eigenvalue weighted by atomic mass is 9.96. The highest BCUT2D eigenvalue weighted by Gasteiger charge is 2.22. The van der Waals surface area contributed by atoms with E-state index in [0.717, 1.165) is 25.8 Å². The lowest BCUT2D eigenvalue weighted by molar-refractivity contribution is -0.143. The van der Waals surface area contributed by atoms with Crippen molar-refractivity contribution in [3.05, 3.63) is 0 Å². The van der Waals surface area contributed by atoms with Crippen LogP contribution in [0.15, 0.2) is 0 Å². The molecule has 1 rings (SSSR count). The molecule has 138 valence electrons. The van der Waals surface area contributed by atoms with Crippen molar-refractivity contribution in [1.29, 1.82) is 0 Å². The van der Waals surface area contributed by atoms with Gasteiger partial charge in [-0.25, -0.2) is 0 Å². The molecule has 0 aromatic carbocycles. The lowest BCUT2D eigenvalue weighted by Gasteiger charge is -2.26. The van der Waals surface area contributed by atoms with Crippen LogP contribution in [0.1, 0.15) is 65.2 Å². The molecule has 1 saturated heterocycles. The number of carbonyl (C=O) groups excluding carboxylic acids is 3. The van der Waals surface area contributed by atoms with Crippen LogP contribution in [0.3, 0.4) is 0 Å². The molecule has 1 aliphatic heterocycles. The van der Waals surface area contributed by atoms with Crippen molar-refractivity contribution in [2.75, 3.05) is 26.3 Å². The number of ether oxygens (including phenoxy) is 2. The van der Waals surface area contributed by atoms with Crippen LogP contribution < -0.4 is 0 Å². The second kappa shape index (κ2) is 11.9. The Hall–Kier alpha value is -1.59. The Morgan fingerprint density at radius 3 is 2.12 bits per heavy atom. The quantitative estimate of drug-likeness (QED) is 0.571. The monoisotopic (exact) mass is 341 g/mol. The number of carbonyl (C=O) groups is 3. The smallest absolute Gasteiger partial charge is 0.305 e. The van der Waals surface area contributed by atoms with Gasteiger partial charge in [0.1, 0.15) is 0 Å². The second-order valence-corrected chi connectivity index (χ2v) is 6.20. The van der Waals surface area contributed by atoms with Gasteiger partial charge in [-0.1, -0.05) is 6.42 Å². The summed E-state index contributed by atoms with van der Waals surface area (Å²) < 4.78 is 9.95. The van der Waals surface area contributed by atoms with Gasteiger partial charge in [-0.05, 0) is 45.4 Å². The molecule has 0 unspecified atom stereocenters. The first-order valence-electron chi connectivity index (χ1n) is 9.15. The molecule has 24 heavy (non-hydrogen) atoms. The fourth-order valence-corrected chi connectivity index (χ4v) is 2.98. The van der Waals surface area contributed by atoms with Crippen molar-refractivity contribution < 1.29 is 23.9 Å². The van der Waals surface area contributed by atoms with Crippen molar-refractivity contribution in [2.24, 2.45) is 5.92 Å². The van der Waals surface area contributed by atoms with E-state index < -0.39 is 0 Å². The Balaban J connectivity index is 2.55. The summed E-state index contributed by atoms with van der Waals surface area (Å²) in [6.45, 7) is 5.69.